The lowest BCUT2D eigenvalue weighted by Crippen LogP contribution is -2.02. The molecule has 0 aromatic rings. The molecule has 0 saturated carbocycles. The molecule has 1 nitrogen and oxygen atoms in total. The zero-order chi connectivity index (χ0) is 10.1. The van der Waals surface area contributed by atoms with Crippen molar-refractivity contribution in [3.05, 3.63) is 6.92 Å². The van der Waals surface area contributed by atoms with E-state index in [1.165, 1.54) is 25.7 Å². The highest BCUT2D eigenvalue weighted by atomic mass is 16.5. The van der Waals surface area contributed by atoms with E-state index in [-0.39, 0.29) is 0 Å². The van der Waals surface area contributed by atoms with Crippen LogP contribution in [0.3, 0.4) is 0 Å². The Balaban J connectivity index is 3.15. The number of ether oxygens (including phenoxy) is 1. The fourth-order valence-corrected chi connectivity index (χ4v) is 1.41. The molecule has 0 fully saturated rings. The van der Waals surface area contributed by atoms with Gasteiger partial charge in [0.1, 0.15) is 0 Å². The minimum absolute atomic E-state index is 0.610. The molecular formula is C12H25O. The predicted octanol–water partition coefficient (Wildman–Crippen LogP) is 3.69. The highest BCUT2D eigenvalue weighted by molar-refractivity contribution is 4.55. The summed E-state index contributed by atoms with van der Waals surface area (Å²) < 4.78 is 5.22. The van der Waals surface area contributed by atoms with Crippen LogP contribution in [0.4, 0.5) is 0 Å². The number of rotatable bonds is 8. The second kappa shape index (κ2) is 8.55. The lowest BCUT2D eigenvalue weighted by molar-refractivity contribution is 0.144. The van der Waals surface area contributed by atoms with Crippen LogP contribution in [0.2, 0.25) is 0 Å². The van der Waals surface area contributed by atoms with Crippen molar-refractivity contribution in [3.63, 3.8) is 0 Å². The molecule has 1 heteroatoms. The van der Waals surface area contributed by atoms with Crippen molar-refractivity contribution in [1.29, 1.82) is 0 Å². The normalized spacial score (nSPS) is 13.6. The highest BCUT2D eigenvalue weighted by Gasteiger charge is 2.02. The Labute approximate surface area is 83.9 Å². The monoisotopic (exact) mass is 185 g/mol. The smallest absolute Gasteiger partial charge is 0.0468 e. The van der Waals surface area contributed by atoms with Gasteiger partial charge in [0.2, 0.25) is 0 Å². The van der Waals surface area contributed by atoms with Gasteiger partial charge >= 0.3 is 0 Å². The molecule has 0 spiro atoms. The minimum atomic E-state index is 0.610. The molecule has 0 aromatic heterocycles. The third kappa shape index (κ3) is 9.88. The van der Waals surface area contributed by atoms with E-state index in [0.29, 0.717) is 6.61 Å². The predicted molar refractivity (Wildman–Crippen MR) is 58.6 cm³/mol. The van der Waals surface area contributed by atoms with Crippen molar-refractivity contribution >= 4 is 0 Å². The molecule has 13 heavy (non-hydrogen) atoms. The Morgan fingerprint density at radius 1 is 1.08 bits per heavy atom. The van der Waals surface area contributed by atoms with Gasteiger partial charge in [0.15, 0.2) is 0 Å². The van der Waals surface area contributed by atoms with Crippen LogP contribution in [-0.4, -0.2) is 13.2 Å². The molecule has 0 aliphatic rings. The van der Waals surface area contributed by atoms with E-state index in [4.69, 9.17) is 4.74 Å². The van der Waals surface area contributed by atoms with Crippen molar-refractivity contribution in [2.45, 2.75) is 46.5 Å². The molecule has 0 bridgehead atoms. The highest BCUT2D eigenvalue weighted by Crippen LogP contribution is 2.14. The van der Waals surface area contributed by atoms with Crippen LogP contribution in [0.25, 0.3) is 0 Å². The second-order valence-corrected chi connectivity index (χ2v) is 4.33. The van der Waals surface area contributed by atoms with Crippen molar-refractivity contribution in [3.8, 4) is 0 Å². The van der Waals surface area contributed by atoms with Gasteiger partial charge in [0.05, 0.1) is 0 Å². The Bertz CT molecular complexity index is 99.3. The maximum atomic E-state index is 5.22. The van der Waals surface area contributed by atoms with Gasteiger partial charge in [0, 0.05) is 13.2 Å². The molecule has 0 saturated heterocycles. The van der Waals surface area contributed by atoms with Crippen molar-refractivity contribution in [2.24, 2.45) is 11.8 Å². The molecule has 0 aliphatic heterocycles. The van der Waals surface area contributed by atoms with Gasteiger partial charge in [-0.05, 0) is 25.2 Å². The zero-order valence-electron chi connectivity index (χ0n) is 9.51. The Morgan fingerprint density at radius 3 is 2.31 bits per heavy atom. The van der Waals surface area contributed by atoms with E-state index in [9.17, 15) is 0 Å². The Kier molecular flexibility index (Phi) is 8.53. The molecule has 79 valence electrons. The van der Waals surface area contributed by atoms with Gasteiger partial charge in [-0.15, -0.1) is 0 Å². The molecule has 0 aromatic carbocycles. The summed E-state index contributed by atoms with van der Waals surface area (Å²) in [6.07, 6.45) is 5.26. The first-order valence-electron chi connectivity index (χ1n) is 5.53. The van der Waals surface area contributed by atoms with E-state index in [0.717, 1.165) is 18.4 Å². The molecule has 0 rings (SSSR count). The van der Waals surface area contributed by atoms with E-state index in [1.54, 1.807) is 0 Å². The van der Waals surface area contributed by atoms with Crippen molar-refractivity contribution in [1.82, 2.24) is 0 Å². The van der Waals surface area contributed by atoms with Gasteiger partial charge in [-0.1, -0.05) is 40.0 Å². The second-order valence-electron chi connectivity index (χ2n) is 4.33. The Morgan fingerprint density at radius 2 is 1.77 bits per heavy atom. The Hall–Kier alpha value is -0.0400. The first kappa shape index (κ1) is 13.0. The lowest BCUT2D eigenvalue weighted by atomic mass is 9.98. The van der Waals surface area contributed by atoms with Crippen molar-refractivity contribution in [2.75, 3.05) is 13.2 Å². The van der Waals surface area contributed by atoms with E-state index < -0.39 is 0 Å². The molecule has 0 N–H and O–H groups in total. The fraction of sp³-hybridized carbons (Fsp3) is 0.917. The quantitative estimate of drug-likeness (QED) is 0.524. The number of hydrogen-bond acceptors (Lipinski definition) is 1. The summed E-state index contributed by atoms with van der Waals surface area (Å²) >= 11 is 0. The largest absolute Gasteiger partial charge is 0.381 e. The van der Waals surface area contributed by atoms with Crippen LogP contribution in [0, 0.1) is 18.8 Å². The van der Waals surface area contributed by atoms with E-state index in [2.05, 4.69) is 27.7 Å². The summed E-state index contributed by atoms with van der Waals surface area (Å²) in [7, 11) is 0. The van der Waals surface area contributed by atoms with Gasteiger partial charge in [0.25, 0.3) is 0 Å². The summed E-state index contributed by atoms with van der Waals surface area (Å²) in [5, 5.41) is 0. The molecule has 0 amide bonds. The van der Waals surface area contributed by atoms with Crippen LogP contribution in [-0.2, 0) is 4.74 Å². The fourth-order valence-electron chi connectivity index (χ4n) is 1.41. The molecule has 0 heterocycles. The SMILES string of the molecule is [CH2]COCCC(C)CCCC(C)C. The average molecular weight is 185 g/mol. The molecule has 0 aliphatic carbocycles. The topological polar surface area (TPSA) is 9.23 Å². The van der Waals surface area contributed by atoms with Crippen LogP contribution < -0.4 is 0 Å². The first-order chi connectivity index (χ1) is 6.16. The van der Waals surface area contributed by atoms with Gasteiger partial charge in [-0.3, -0.25) is 0 Å². The standard InChI is InChI=1S/C12H25O/c1-5-13-10-9-12(4)8-6-7-11(2)3/h11-12H,1,5-10H2,2-4H3. The average Bonchev–Trinajstić information content (AvgIpc) is 2.04. The van der Waals surface area contributed by atoms with E-state index in [1.807, 2.05) is 0 Å². The van der Waals surface area contributed by atoms with Gasteiger partial charge in [-0.25, -0.2) is 0 Å². The zero-order valence-corrected chi connectivity index (χ0v) is 9.51. The molecular weight excluding hydrogens is 160 g/mol. The van der Waals surface area contributed by atoms with Gasteiger partial charge < -0.3 is 4.74 Å². The van der Waals surface area contributed by atoms with Crippen LogP contribution in [0.1, 0.15) is 46.5 Å². The van der Waals surface area contributed by atoms with Crippen molar-refractivity contribution < 1.29 is 4.74 Å². The molecule has 1 radical (unpaired) electrons. The maximum absolute atomic E-state index is 5.22. The maximum Gasteiger partial charge on any atom is 0.0468 e. The van der Waals surface area contributed by atoms with Crippen LogP contribution in [0.15, 0.2) is 0 Å². The third-order valence-electron chi connectivity index (χ3n) is 2.38. The lowest BCUT2D eigenvalue weighted by Gasteiger charge is -2.11. The van der Waals surface area contributed by atoms with E-state index >= 15 is 0 Å². The summed E-state index contributed by atoms with van der Waals surface area (Å²) in [6.45, 7) is 12.0. The molecule has 1 atom stereocenters. The summed E-state index contributed by atoms with van der Waals surface area (Å²) in [5.41, 5.74) is 0. The molecule has 1 unspecified atom stereocenters. The summed E-state index contributed by atoms with van der Waals surface area (Å²) in [6, 6.07) is 0. The van der Waals surface area contributed by atoms with Crippen LogP contribution >= 0.6 is 0 Å². The van der Waals surface area contributed by atoms with Crippen LogP contribution in [0.5, 0.6) is 0 Å². The third-order valence-corrected chi connectivity index (χ3v) is 2.38. The number of hydrogen-bond donors (Lipinski definition) is 0. The van der Waals surface area contributed by atoms with Gasteiger partial charge in [-0.2, -0.15) is 0 Å². The summed E-state index contributed by atoms with van der Waals surface area (Å²) in [4.78, 5) is 0. The summed E-state index contributed by atoms with van der Waals surface area (Å²) in [5.74, 6) is 1.66. The first-order valence-corrected chi connectivity index (χ1v) is 5.53. The minimum Gasteiger partial charge on any atom is -0.381 e.